The Morgan fingerprint density at radius 3 is 2.31 bits per heavy atom. The maximum absolute atomic E-state index is 13.6. The molecule has 29 heavy (non-hydrogen) atoms. The third-order valence-electron chi connectivity index (χ3n) is 4.51. The molecular weight excluding hydrogens is 409 g/mol. The molecule has 156 valence electrons. The van der Waals surface area contributed by atoms with Crippen LogP contribution < -0.4 is 5.32 Å². The van der Waals surface area contributed by atoms with Crippen LogP contribution in [0.25, 0.3) is 0 Å². The van der Waals surface area contributed by atoms with E-state index in [0.717, 1.165) is 11.6 Å². The molecule has 0 bridgehead atoms. The number of morpholine rings is 1. The second kappa shape index (κ2) is 8.93. The highest BCUT2D eigenvalue weighted by molar-refractivity contribution is 7.89. The standard InChI is InChI=1S/C19H19F3N2O4S/c20-16-6-5-15(17(21)18(16)22)19(25)23-8-7-13-1-3-14(4-2-13)29(26,27)24-9-11-28-12-10-24/h1-6H,7-12H2,(H,23,25). The van der Waals surface area contributed by atoms with Crippen LogP contribution in [0.3, 0.4) is 0 Å². The first-order chi connectivity index (χ1) is 13.8. The van der Waals surface area contributed by atoms with Crippen molar-refractivity contribution < 1.29 is 31.1 Å². The van der Waals surface area contributed by atoms with Crippen LogP contribution in [-0.2, 0) is 21.2 Å². The van der Waals surface area contributed by atoms with Crippen molar-refractivity contribution in [3.63, 3.8) is 0 Å². The lowest BCUT2D eigenvalue weighted by Gasteiger charge is -2.26. The van der Waals surface area contributed by atoms with Crippen LogP contribution >= 0.6 is 0 Å². The molecule has 1 heterocycles. The van der Waals surface area contributed by atoms with Gasteiger partial charge in [0, 0.05) is 19.6 Å². The van der Waals surface area contributed by atoms with E-state index in [1.54, 1.807) is 12.1 Å². The molecule has 1 aliphatic heterocycles. The van der Waals surface area contributed by atoms with Crippen LogP contribution in [0.4, 0.5) is 13.2 Å². The molecule has 1 fully saturated rings. The summed E-state index contributed by atoms with van der Waals surface area (Å²) in [5, 5.41) is 2.42. The van der Waals surface area contributed by atoms with Crippen LogP contribution in [0.15, 0.2) is 41.3 Å². The lowest BCUT2D eigenvalue weighted by Crippen LogP contribution is -2.40. The minimum Gasteiger partial charge on any atom is -0.379 e. The smallest absolute Gasteiger partial charge is 0.254 e. The van der Waals surface area contributed by atoms with Crippen LogP contribution in [0.1, 0.15) is 15.9 Å². The molecule has 1 N–H and O–H groups in total. The fraction of sp³-hybridized carbons (Fsp3) is 0.316. The number of amides is 1. The van der Waals surface area contributed by atoms with E-state index in [-0.39, 0.29) is 11.4 Å². The van der Waals surface area contributed by atoms with Crippen LogP contribution in [-0.4, -0.2) is 51.5 Å². The molecule has 0 aliphatic carbocycles. The van der Waals surface area contributed by atoms with Crippen molar-refractivity contribution in [1.82, 2.24) is 9.62 Å². The maximum Gasteiger partial charge on any atom is 0.254 e. The van der Waals surface area contributed by atoms with Gasteiger partial charge in [-0.05, 0) is 36.2 Å². The Labute approximate surface area is 166 Å². The van der Waals surface area contributed by atoms with E-state index in [9.17, 15) is 26.4 Å². The monoisotopic (exact) mass is 428 g/mol. The average Bonchev–Trinajstić information content (AvgIpc) is 2.73. The van der Waals surface area contributed by atoms with Crippen LogP contribution in [0.5, 0.6) is 0 Å². The van der Waals surface area contributed by atoms with Crippen molar-refractivity contribution in [2.75, 3.05) is 32.8 Å². The Kier molecular flexibility index (Phi) is 6.56. The lowest BCUT2D eigenvalue weighted by molar-refractivity contribution is 0.0730. The van der Waals surface area contributed by atoms with E-state index in [1.807, 2.05) is 0 Å². The first-order valence-electron chi connectivity index (χ1n) is 8.89. The highest BCUT2D eigenvalue weighted by Crippen LogP contribution is 2.18. The summed E-state index contributed by atoms with van der Waals surface area (Å²) >= 11 is 0. The normalized spacial score (nSPS) is 15.3. The number of carbonyl (C=O) groups excluding carboxylic acids is 1. The SMILES string of the molecule is O=C(NCCc1ccc(S(=O)(=O)N2CCOCC2)cc1)c1ccc(F)c(F)c1F. The van der Waals surface area contributed by atoms with E-state index in [4.69, 9.17) is 4.74 Å². The quantitative estimate of drug-likeness (QED) is 0.715. The molecule has 1 amide bonds. The van der Waals surface area contributed by atoms with Crippen molar-refractivity contribution >= 4 is 15.9 Å². The van der Waals surface area contributed by atoms with Crippen molar-refractivity contribution in [2.45, 2.75) is 11.3 Å². The first-order valence-corrected chi connectivity index (χ1v) is 10.3. The van der Waals surface area contributed by atoms with E-state index in [1.165, 1.54) is 16.4 Å². The highest BCUT2D eigenvalue weighted by atomic mass is 32.2. The number of nitrogens with one attached hydrogen (secondary N) is 1. The fourth-order valence-corrected chi connectivity index (χ4v) is 4.29. The van der Waals surface area contributed by atoms with Gasteiger partial charge in [-0.25, -0.2) is 21.6 Å². The summed E-state index contributed by atoms with van der Waals surface area (Å²) < 4.78 is 71.4. The molecule has 0 aromatic heterocycles. The first kappa shape index (κ1) is 21.3. The van der Waals surface area contributed by atoms with Gasteiger partial charge in [0.25, 0.3) is 5.91 Å². The number of hydrogen-bond acceptors (Lipinski definition) is 4. The second-order valence-electron chi connectivity index (χ2n) is 6.39. The molecule has 0 spiro atoms. The van der Waals surface area contributed by atoms with Gasteiger partial charge in [-0.2, -0.15) is 4.31 Å². The van der Waals surface area contributed by atoms with E-state index < -0.39 is 38.9 Å². The van der Waals surface area contributed by atoms with Crippen LogP contribution in [0, 0.1) is 17.5 Å². The van der Waals surface area contributed by atoms with Crippen molar-refractivity contribution in [3.8, 4) is 0 Å². The van der Waals surface area contributed by atoms with Crippen molar-refractivity contribution in [3.05, 3.63) is 65.0 Å². The Morgan fingerprint density at radius 2 is 1.66 bits per heavy atom. The second-order valence-corrected chi connectivity index (χ2v) is 8.33. The van der Waals surface area contributed by atoms with Gasteiger partial charge in [-0.3, -0.25) is 4.79 Å². The van der Waals surface area contributed by atoms with Gasteiger partial charge in [0.15, 0.2) is 17.5 Å². The summed E-state index contributed by atoms with van der Waals surface area (Å²) in [6, 6.07) is 7.76. The third-order valence-corrected chi connectivity index (χ3v) is 6.42. The third kappa shape index (κ3) is 4.77. The Balaban J connectivity index is 1.58. The van der Waals surface area contributed by atoms with Crippen molar-refractivity contribution in [1.29, 1.82) is 0 Å². The molecular formula is C19H19F3N2O4S. The van der Waals surface area contributed by atoms with Gasteiger partial charge < -0.3 is 10.1 Å². The number of hydrogen-bond donors (Lipinski definition) is 1. The number of carbonyl (C=O) groups is 1. The highest BCUT2D eigenvalue weighted by Gasteiger charge is 2.26. The Morgan fingerprint density at radius 1 is 1.00 bits per heavy atom. The largest absolute Gasteiger partial charge is 0.379 e. The van der Waals surface area contributed by atoms with Crippen LogP contribution in [0.2, 0.25) is 0 Å². The summed E-state index contributed by atoms with van der Waals surface area (Å²) in [7, 11) is -3.59. The number of benzene rings is 2. The average molecular weight is 428 g/mol. The molecule has 0 atom stereocenters. The summed E-state index contributed by atoms with van der Waals surface area (Å²) in [6.45, 7) is 1.42. The molecule has 6 nitrogen and oxygen atoms in total. The fourth-order valence-electron chi connectivity index (χ4n) is 2.88. The molecule has 0 unspecified atom stereocenters. The Bertz CT molecular complexity index is 991. The van der Waals surface area contributed by atoms with Gasteiger partial charge >= 0.3 is 0 Å². The predicted octanol–water partition coefficient (Wildman–Crippen LogP) is 2.10. The number of rotatable bonds is 6. The molecule has 1 aliphatic rings. The zero-order valence-electron chi connectivity index (χ0n) is 15.3. The van der Waals surface area contributed by atoms with Gasteiger partial charge in [0.1, 0.15) is 0 Å². The zero-order valence-corrected chi connectivity index (χ0v) is 16.1. The zero-order chi connectivity index (χ0) is 21.0. The minimum atomic E-state index is -3.59. The van der Waals surface area contributed by atoms with Gasteiger partial charge in [0.05, 0.1) is 23.7 Å². The van der Waals surface area contributed by atoms with Crippen molar-refractivity contribution in [2.24, 2.45) is 0 Å². The molecule has 1 saturated heterocycles. The summed E-state index contributed by atoms with van der Waals surface area (Å²) in [4.78, 5) is 12.1. The van der Waals surface area contributed by atoms with Gasteiger partial charge in [0.2, 0.25) is 10.0 Å². The minimum absolute atomic E-state index is 0.104. The number of halogens is 3. The van der Waals surface area contributed by atoms with E-state index in [2.05, 4.69) is 5.32 Å². The van der Waals surface area contributed by atoms with E-state index >= 15 is 0 Å². The number of nitrogens with zero attached hydrogens (tertiary/aromatic N) is 1. The topological polar surface area (TPSA) is 75.7 Å². The predicted molar refractivity (Wildman–Crippen MR) is 98.4 cm³/mol. The molecule has 0 saturated carbocycles. The summed E-state index contributed by atoms with van der Waals surface area (Å²) in [6.07, 6.45) is 0.342. The van der Waals surface area contributed by atoms with E-state index in [0.29, 0.717) is 38.8 Å². The molecule has 10 heteroatoms. The molecule has 0 radical (unpaired) electrons. The Hall–Kier alpha value is -2.43. The number of sulfonamides is 1. The molecule has 2 aromatic rings. The summed E-state index contributed by atoms with van der Waals surface area (Å²) in [5.74, 6) is -5.48. The number of ether oxygens (including phenoxy) is 1. The molecule has 2 aromatic carbocycles. The van der Waals surface area contributed by atoms with Gasteiger partial charge in [-0.1, -0.05) is 12.1 Å². The summed E-state index contributed by atoms with van der Waals surface area (Å²) in [5.41, 5.74) is 0.160. The van der Waals surface area contributed by atoms with Gasteiger partial charge in [-0.15, -0.1) is 0 Å². The maximum atomic E-state index is 13.6. The molecule has 3 rings (SSSR count). The lowest BCUT2D eigenvalue weighted by atomic mass is 10.1.